The van der Waals surface area contributed by atoms with Gasteiger partial charge in [-0.3, -0.25) is 9.59 Å². The third kappa shape index (κ3) is 3.41. The predicted molar refractivity (Wildman–Crippen MR) is 93.7 cm³/mol. The molecule has 0 fully saturated rings. The molecule has 0 atom stereocenters. The van der Waals surface area contributed by atoms with E-state index in [1.807, 2.05) is 30.3 Å². The highest BCUT2D eigenvalue weighted by molar-refractivity contribution is 6.39. The minimum atomic E-state index is -0.853. The van der Waals surface area contributed by atoms with Crippen LogP contribution in [-0.4, -0.2) is 22.0 Å². The Balaban J connectivity index is 1.80. The Kier molecular flexibility index (Phi) is 4.53. The lowest BCUT2D eigenvalue weighted by atomic mass is 10.1. The summed E-state index contributed by atoms with van der Waals surface area (Å²) >= 11 is 6.28. The van der Waals surface area contributed by atoms with E-state index in [0.717, 1.165) is 16.5 Å². The number of H-pyrrole nitrogens is 1. The van der Waals surface area contributed by atoms with Crippen molar-refractivity contribution >= 4 is 40.1 Å². The zero-order chi connectivity index (χ0) is 17.1. The first kappa shape index (κ1) is 16.1. The molecule has 0 aliphatic rings. The second-order valence-corrected chi connectivity index (χ2v) is 5.79. The maximum atomic E-state index is 12.5. The number of nitrogens with one attached hydrogen (secondary N) is 2. The van der Waals surface area contributed by atoms with E-state index in [1.165, 1.54) is 0 Å². The molecule has 3 aromatic rings. The van der Waals surface area contributed by atoms with Gasteiger partial charge in [0.25, 0.3) is 5.91 Å². The number of hydrogen-bond donors (Lipinski definition) is 3. The highest BCUT2D eigenvalue weighted by Gasteiger charge is 2.16. The zero-order valence-electron chi connectivity index (χ0n) is 12.7. The molecule has 3 rings (SSSR count). The van der Waals surface area contributed by atoms with Crippen molar-refractivity contribution < 1.29 is 14.7 Å². The Morgan fingerprint density at radius 3 is 2.67 bits per heavy atom. The Hall–Kier alpha value is -2.79. The van der Waals surface area contributed by atoms with E-state index in [2.05, 4.69) is 10.3 Å². The average molecular weight is 343 g/mol. The Morgan fingerprint density at radius 1 is 1.12 bits per heavy atom. The molecule has 122 valence electrons. The van der Waals surface area contributed by atoms with Crippen molar-refractivity contribution in [1.82, 2.24) is 4.98 Å². The summed E-state index contributed by atoms with van der Waals surface area (Å²) in [5, 5.41) is 12.7. The highest BCUT2D eigenvalue weighted by atomic mass is 35.5. The van der Waals surface area contributed by atoms with Crippen LogP contribution in [-0.2, 0) is 11.2 Å². The van der Waals surface area contributed by atoms with E-state index in [-0.39, 0.29) is 12.3 Å². The van der Waals surface area contributed by atoms with Gasteiger partial charge in [0.2, 0.25) is 0 Å². The Labute approximate surface area is 143 Å². The normalized spacial score (nSPS) is 10.7. The quantitative estimate of drug-likeness (QED) is 0.653. The summed E-state index contributed by atoms with van der Waals surface area (Å²) in [7, 11) is 0. The van der Waals surface area contributed by atoms with Gasteiger partial charge in [-0.05, 0) is 30.2 Å². The van der Waals surface area contributed by atoms with Crippen LogP contribution in [0.3, 0.4) is 0 Å². The van der Waals surface area contributed by atoms with Gasteiger partial charge in [-0.25, -0.2) is 0 Å². The van der Waals surface area contributed by atoms with Crippen LogP contribution in [0.2, 0.25) is 5.02 Å². The molecule has 3 N–H and O–H groups in total. The summed E-state index contributed by atoms with van der Waals surface area (Å²) in [6.45, 7) is 0. The van der Waals surface area contributed by atoms with Gasteiger partial charge in [0, 0.05) is 23.0 Å². The molecule has 0 aliphatic heterocycles. The number of carbonyl (C=O) groups is 2. The minimum Gasteiger partial charge on any atom is -0.481 e. The number of carbonyl (C=O) groups excluding carboxylic acids is 1. The van der Waals surface area contributed by atoms with Gasteiger partial charge in [-0.15, -0.1) is 0 Å². The van der Waals surface area contributed by atoms with Gasteiger partial charge in [-0.1, -0.05) is 41.9 Å². The SMILES string of the molecule is O=C(O)CCc1cccc(NC(=O)c2[nH]c3ccccc3c2Cl)c1. The molecule has 2 aromatic carbocycles. The van der Waals surface area contributed by atoms with E-state index in [4.69, 9.17) is 16.7 Å². The molecule has 24 heavy (non-hydrogen) atoms. The van der Waals surface area contributed by atoms with Crippen molar-refractivity contribution in [2.24, 2.45) is 0 Å². The molecule has 1 amide bonds. The number of para-hydroxylation sites is 1. The average Bonchev–Trinajstić information content (AvgIpc) is 2.91. The molecule has 6 heteroatoms. The third-order valence-electron chi connectivity index (χ3n) is 3.68. The van der Waals surface area contributed by atoms with E-state index in [9.17, 15) is 9.59 Å². The van der Waals surface area contributed by atoms with Crippen LogP contribution in [0.5, 0.6) is 0 Å². The molecule has 0 bridgehead atoms. The van der Waals surface area contributed by atoms with Crippen molar-refractivity contribution in [3.63, 3.8) is 0 Å². The lowest BCUT2D eigenvalue weighted by Crippen LogP contribution is -2.13. The second kappa shape index (κ2) is 6.76. The standard InChI is InChI=1S/C18H15ClN2O3/c19-16-13-6-1-2-7-14(13)21-17(16)18(24)20-12-5-3-4-11(10-12)8-9-15(22)23/h1-7,10,21H,8-9H2,(H,20,24)(H,22,23). The molecule has 0 radical (unpaired) electrons. The summed E-state index contributed by atoms with van der Waals surface area (Å²) in [5.74, 6) is -1.19. The number of aromatic nitrogens is 1. The number of halogens is 1. The minimum absolute atomic E-state index is 0.0469. The van der Waals surface area contributed by atoms with Gasteiger partial charge >= 0.3 is 5.97 Å². The lowest BCUT2D eigenvalue weighted by molar-refractivity contribution is -0.136. The van der Waals surface area contributed by atoms with Crippen LogP contribution in [0.15, 0.2) is 48.5 Å². The number of carboxylic acids is 1. The summed E-state index contributed by atoms with van der Waals surface area (Å²) in [5.41, 5.74) is 2.53. The number of aromatic amines is 1. The summed E-state index contributed by atoms with van der Waals surface area (Å²) in [6, 6.07) is 14.5. The number of hydrogen-bond acceptors (Lipinski definition) is 2. The van der Waals surface area contributed by atoms with Crippen molar-refractivity contribution in [2.45, 2.75) is 12.8 Å². The van der Waals surface area contributed by atoms with E-state index >= 15 is 0 Å². The van der Waals surface area contributed by atoms with Gasteiger partial charge < -0.3 is 15.4 Å². The van der Waals surface area contributed by atoms with Crippen molar-refractivity contribution in [3.05, 3.63) is 64.8 Å². The van der Waals surface area contributed by atoms with Crippen LogP contribution in [0.1, 0.15) is 22.5 Å². The van der Waals surface area contributed by atoms with Gasteiger partial charge in [-0.2, -0.15) is 0 Å². The second-order valence-electron chi connectivity index (χ2n) is 5.41. The molecule has 1 aromatic heterocycles. The van der Waals surface area contributed by atoms with Crippen LogP contribution in [0, 0.1) is 0 Å². The Morgan fingerprint density at radius 2 is 1.92 bits per heavy atom. The molecular formula is C18H15ClN2O3. The van der Waals surface area contributed by atoms with Crippen molar-refractivity contribution in [3.8, 4) is 0 Å². The number of amides is 1. The first-order valence-corrected chi connectivity index (χ1v) is 7.80. The molecular weight excluding hydrogens is 328 g/mol. The number of aliphatic carboxylic acids is 1. The van der Waals surface area contributed by atoms with Crippen LogP contribution in [0.4, 0.5) is 5.69 Å². The van der Waals surface area contributed by atoms with Crippen LogP contribution in [0.25, 0.3) is 10.9 Å². The molecule has 0 spiro atoms. The summed E-state index contributed by atoms with van der Waals surface area (Å²) < 4.78 is 0. The van der Waals surface area contributed by atoms with E-state index in [0.29, 0.717) is 22.8 Å². The number of anilines is 1. The van der Waals surface area contributed by atoms with Gasteiger partial charge in [0.15, 0.2) is 0 Å². The molecule has 0 unspecified atom stereocenters. The van der Waals surface area contributed by atoms with Crippen molar-refractivity contribution in [1.29, 1.82) is 0 Å². The monoisotopic (exact) mass is 342 g/mol. The maximum Gasteiger partial charge on any atom is 0.303 e. The number of fused-ring (bicyclic) bond motifs is 1. The third-order valence-corrected chi connectivity index (χ3v) is 4.07. The van der Waals surface area contributed by atoms with E-state index in [1.54, 1.807) is 18.2 Å². The van der Waals surface area contributed by atoms with Crippen LogP contribution >= 0.6 is 11.6 Å². The number of aryl methyl sites for hydroxylation is 1. The highest BCUT2D eigenvalue weighted by Crippen LogP contribution is 2.27. The largest absolute Gasteiger partial charge is 0.481 e. The molecule has 5 nitrogen and oxygen atoms in total. The van der Waals surface area contributed by atoms with Gasteiger partial charge in [0.05, 0.1) is 5.02 Å². The Bertz CT molecular complexity index is 918. The maximum absolute atomic E-state index is 12.5. The molecule has 0 aliphatic carbocycles. The lowest BCUT2D eigenvalue weighted by Gasteiger charge is -2.06. The van der Waals surface area contributed by atoms with Crippen LogP contribution < -0.4 is 5.32 Å². The van der Waals surface area contributed by atoms with Crippen molar-refractivity contribution in [2.75, 3.05) is 5.32 Å². The molecule has 0 saturated heterocycles. The fourth-order valence-corrected chi connectivity index (χ4v) is 2.81. The topological polar surface area (TPSA) is 82.2 Å². The fraction of sp³-hybridized carbons (Fsp3) is 0.111. The number of benzene rings is 2. The fourth-order valence-electron chi connectivity index (χ4n) is 2.51. The first-order chi connectivity index (χ1) is 11.5. The van der Waals surface area contributed by atoms with Gasteiger partial charge in [0.1, 0.15) is 5.69 Å². The number of carboxylic acid groups (broad SMARTS) is 1. The zero-order valence-corrected chi connectivity index (χ0v) is 13.4. The predicted octanol–water partition coefficient (Wildman–Crippen LogP) is 4.09. The summed E-state index contributed by atoms with van der Waals surface area (Å²) in [6.07, 6.45) is 0.456. The van der Waals surface area contributed by atoms with E-state index < -0.39 is 5.97 Å². The molecule has 0 saturated carbocycles. The summed E-state index contributed by atoms with van der Waals surface area (Å²) in [4.78, 5) is 26.1. The smallest absolute Gasteiger partial charge is 0.303 e. The molecule has 1 heterocycles. The number of rotatable bonds is 5. The first-order valence-electron chi connectivity index (χ1n) is 7.43.